The Labute approximate surface area is 168 Å². The van der Waals surface area contributed by atoms with Gasteiger partial charge in [0.2, 0.25) is 0 Å². The monoisotopic (exact) mass is 389 g/mol. The van der Waals surface area contributed by atoms with Gasteiger partial charge in [0.05, 0.1) is 6.61 Å². The molecule has 156 valence electrons. The molecule has 2 unspecified atom stereocenters. The van der Waals surface area contributed by atoms with Crippen LogP contribution in [0.1, 0.15) is 44.3 Å². The van der Waals surface area contributed by atoms with Crippen LogP contribution >= 0.6 is 0 Å². The van der Waals surface area contributed by atoms with E-state index in [1.165, 1.54) is 32.2 Å². The third-order valence-corrected chi connectivity index (χ3v) is 6.88. The molecule has 0 radical (unpaired) electrons. The molecule has 0 aliphatic carbocycles. The first-order valence-electron chi connectivity index (χ1n) is 10.8. The lowest BCUT2D eigenvalue weighted by molar-refractivity contribution is 0.156. The first-order chi connectivity index (χ1) is 13.6. The number of aromatic nitrogens is 3. The fraction of sp³-hybridized carbons (Fsp3) is 0.850. The van der Waals surface area contributed by atoms with Gasteiger partial charge < -0.3 is 19.5 Å². The third kappa shape index (κ3) is 4.03. The minimum atomic E-state index is 0.326. The number of rotatable bonds is 5. The smallest absolute Gasteiger partial charge is 0.194 e. The molecular formula is C20H35N7O. The average Bonchev–Trinajstić information content (AvgIpc) is 3.48. The van der Waals surface area contributed by atoms with Crippen LogP contribution in [-0.2, 0) is 18.3 Å². The van der Waals surface area contributed by atoms with Gasteiger partial charge in [-0.05, 0) is 45.7 Å². The predicted molar refractivity (Wildman–Crippen MR) is 109 cm³/mol. The van der Waals surface area contributed by atoms with Crippen LogP contribution in [0.25, 0.3) is 0 Å². The van der Waals surface area contributed by atoms with E-state index in [1.807, 2.05) is 18.5 Å². The van der Waals surface area contributed by atoms with E-state index < -0.39 is 0 Å². The summed E-state index contributed by atoms with van der Waals surface area (Å²) in [5.41, 5.74) is 0.326. The molecule has 8 heteroatoms. The highest BCUT2D eigenvalue weighted by atomic mass is 16.5. The van der Waals surface area contributed by atoms with Crippen molar-refractivity contribution in [2.24, 2.45) is 17.5 Å². The second-order valence-corrected chi connectivity index (χ2v) is 8.64. The molecule has 3 aliphatic rings. The summed E-state index contributed by atoms with van der Waals surface area (Å²) in [6.45, 7) is 12.0. The third-order valence-electron chi connectivity index (χ3n) is 6.88. The van der Waals surface area contributed by atoms with E-state index in [0.29, 0.717) is 18.0 Å². The lowest BCUT2D eigenvalue weighted by atomic mass is 9.87. The summed E-state index contributed by atoms with van der Waals surface area (Å²) >= 11 is 0. The Morgan fingerprint density at radius 3 is 2.93 bits per heavy atom. The topological polar surface area (TPSA) is 70.8 Å². The van der Waals surface area contributed by atoms with Crippen LogP contribution in [0, 0.1) is 12.3 Å². The van der Waals surface area contributed by atoms with E-state index >= 15 is 0 Å². The number of nitrogens with zero attached hydrogens (tertiary/aromatic N) is 6. The molecule has 3 aliphatic heterocycles. The standard InChI is InChI=1S/C20H35N7O/c1-4-26-9-5-6-17(26)12-21-19(22-13-18-24-23-16(2)25(18)3)27-10-7-20(14-27)8-11-28-15-20/h17H,4-15H2,1-3H3,(H,21,22). The largest absolute Gasteiger partial charge is 0.381 e. The number of aryl methyl sites for hydroxylation is 1. The van der Waals surface area contributed by atoms with Crippen molar-refractivity contribution in [1.29, 1.82) is 0 Å². The first-order valence-corrected chi connectivity index (χ1v) is 10.8. The van der Waals surface area contributed by atoms with Gasteiger partial charge in [-0.25, -0.2) is 4.99 Å². The highest BCUT2D eigenvalue weighted by Gasteiger charge is 2.42. The molecule has 0 saturated carbocycles. The van der Waals surface area contributed by atoms with E-state index in [4.69, 9.17) is 9.73 Å². The molecule has 1 aromatic rings. The Bertz CT molecular complexity index is 695. The molecule has 0 amide bonds. The summed E-state index contributed by atoms with van der Waals surface area (Å²) in [4.78, 5) is 9.98. The highest BCUT2D eigenvalue weighted by Crippen LogP contribution is 2.38. The lowest BCUT2D eigenvalue weighted by Crippen LogP contribution is -2.46. The van der Waals surface area contributed by atoms with Crippen LogP contribution in [-0.4, -0.2) is 82.5 Å². The molecule has 4 heterocycles. The quantitative estimate of drug-likeness (QED) is 0.602. The van der Waals surface area contributed by atoms with Crippen LogP contribution in [0.2, 0.25) is 0 Å². The van der Waals surface area contributed by atoms with Gasteiger partial charge >= 0.3 is 0 Å². The van der Waals surface area contributed by atoms with E-state index in [0.717, 1.165) is 57.0 Å². The molecule has 0 aromatic carbocycles. The van der Waals surface area contributed by atoms with Crippen molar-refractivity contribution >= 4 is 5.96 Å². The van der Waals surface area contributed by atoms with E-state index in [-0.39, 0.29) is 0 Å². The summed E-state index contributed by atoms with van der Waals surface area (Å²) in [6, 6.07) is 0.610. The number of ether oxygens (including phenoxy) is 1. The fourth-order valence-corrected chi connectivity index (χ4v) is 4.84. The average molecular weight is 390 g/mol. The minimum Gasteiger partial charge on any atom is -0.381 e. The van der Waals surface area contributed by atoms with Gasteiger partial charge in [-0.2, -0.15) is 0 Å². The summed E-state index contributed by atoms with van der Waals surface area (Å²) in [5.74, 6) is 2.85. The van der Waals surface area contributed by atoms with Crippen LogP contribution in [0.4, 0.5) is 0 Å². The highest BCUT2D eigenvalue weighted by molar-refractivity contribution is 5.80. The zero-order valence-corrected chi connectivity index (χ0v) is 17.7. The van der Waals surface area contributed by atoms with E-state index in [2.05, 4.69) is 32.2 Å². The number of likely N-dealkylation sites (tertiary alicyclic amines) is 2. The summed E-state index contributed by atoms with van der Waals surface area (Å²) in [7, 11) is 2.01. The number of likely N-dealkylation sites (N-methyl/N-ethyl adjacent to an activating group) is 1. The number of nitrogens with one attached hydrogen (secondary N) is 1. The zero-order chi connectivity index (χ0) is 19.6. The maximum absolute atomic E-state index is 5.71. The van der Waals surface area contributed by atoms with Crippen molar-refractivity contribution in [2.45, 2.75) is 52.1 Å². The van der Waals surface area contributed by atoms with Crippen LogP contribution in [0.5, 0.6) is 0 Å². The summed E-state index contributed by atoms with van der Waals surface area (Å²) in [6.07, 6.45) is 4.94. The molecule has 2 atom stereocenters. The van der Waals surface area contributed by atoms with E-state index in [1.54, 1.807) is 0 Å². The Morgan fingerprint density at radius 1 is 1.32 bits per heavy atom. The molecule has 28 heavy (non-hydrogen) atoms. The molecule has 3 saturated heterocycles. The maximum atomic E-state index is 5.71. The van der Waals surface area contributed by atoms with Gasteiger partial charge in [0.15, 0.2) is 11.8 Å². The van der Waals surface area contributed by atoms with Crippen molar-refractivity contribution < 1.29 is 4.74 Å². The van der Waals surface area contributed by atoms with Crippen molar-refractivity contribution in [3.63, 3.8) is 0 Å². The lowest BCUT2D eigenvalue weighted by Gasteiger charge is -2.28. The SMILES string of the molecule is CCN1CCCC1CNC(=NCc1nnc(C)n1C)N1CCC2(CCOC2)C1. The molecule has 3 fully saturated rings. The molecule has 1 N–H and O–H groups in total. The molecule has 0 bridgehead atoms. The molecule has 4 rings (SSSR count). The fourth-order valence-electron chi connectivity index (χ4n) is 4.84. The van der Waals surface area contributed by atoms with Crippen molar-refractivity contribution in [3.8, 4) is 0 Å². The summed E-state index contributed by atoms with van der Waals surface area (Å²) < 4.78 is 7.73. The molecular weight excluding hydrogens is 354 g/mol. The van der Waals surface area contributed by atoms with Crippen molar-refractivity contribution in [3.05, 3.63) is 11.6 Å². The zero-order valence-electron chi connectivity index (χ0n) is 17.7. The Morgan fingerprint density at radius 2 is 2.21 bits per heavy atom. The van der Waals surface area contributed by atoms with Gasteiger partial charge in [0.1, 0.15) is 12.4 Å². The van der Waals surface area contributed by atoms with Gasteiger partial charge in [0.25, 0.3) is 0 Å². The Kier molecular flexibility index (Phi) is 5.87. The van der Waals surface area contributed by atoms with Crippen molar-refractivity contribution in [1.82, 2.24) is 29.9 Å². The van der Waals surface area contributed by atoms with Crippen LogP contribution in [0.3, 0.4) is 0 Å². The van der Waals surface area contributed by atoms with Crippen LogP contribution in [0.15, 0.2) is 4.99 Å². The maximum Gasteiger partial charge on any atom is 0.194 e. The number of hydrogen-bond acceptors (Lipinski definition) is 5. The predicted octanol–water partition coefficient (Wildman–Crippen LogP) is 1.17. The number of aliphatic imine (C=N–C) groups is 1. The van der Waals surface area contributed by atoms with Gasteiger partial charge in [-0.3, -0.25) is 4.90 Å². The van der Waals surface area contributed by atoms with Gasteiger partial charge in [-0.1, -0.05) is 6.92 Å². The first kappa shape index (κ1) is 19.6. The van der Waals surface area contributed by atoms with Gasteiger partial charge in [0, 0.05) is 44.7 Å². The molecule has 8 nitrogen and oxygen atoms in total. The summed E-state index contributed by atoms with van der Waals surface area (Å²) in [5, 5.41) is 12.2. The molecule has 1 spiro atoms. The normalized spacial score (nSPS) is 28.8. The second-order valence-electron chi connectivity index (χ2n) is 8.64. The van der Waals surface area contributed by atoms with E-state index in [9.17, 15) is 0 Å². The van der Waals surface area contributed by atoms with Gasteiger partial charge in [-0.15, -0.1) is 10.2 Å². The second kappa shape index (κ2) is 8.37. The number of guanidine groups is 1. The Hall–Kier alpha value is -1.67. The molecule has 1 aromatic heterocycles. The van der Waals surface area contributed by atoms with Crippen molar-refractivity contribution in [2.75, 3.05) is 45.9 Å². The minimum absolute atomic E-state index is 0.326. The Balaban J connectivity index is 1.46. The van der Waals surface area contributed by atoms with Crippen LogP contribution < -0.4 is 5.32 Å². The number of hydrogen-bond donors (Lipinski definition) is 1.